The van der Waals surface area contributed by atoms with E-state index in [2.05, 4.69) is 10.5 Å². The molecule has 2 heterocycles. The predicted molar refractivity (Wildman–Crippen MR) is 60.6 cm³/mol. The normalized spacial score (nSPS) is 28.1. The molecule has 0 radical (unpaired) electrons. The van der Waals surface area contributed by atoms with E-state index < -0.39 is 0 Å². The molecule has 4 nitrogen and oxygen atoms in total. The third kappa shape index (κ3) is 1.55. The van der Waals surface area contributed by atoms with Gasteiger partial charge in [0, 0.05) is 19.4 Å². The van der Waals surface area contributed by atoms with E-state index in [1.54, 1.807) is 12.1 Å². The van der Waals surface area contributed by atoms with Crippen molar-refractivity contribution < 1.29 is 9.94 Å². The summed E-state index contributed by atoms with van der Waals surface area (Å²) in [6, 6.07) is 7.10. The number of phenols is 1. The first-order chi connectivity index (χ1) is 7.77. The number of rotatable bonds is 1. The van der Waals surface area contributed by atoms with Gasteiger partial charge in [-0.25, -0.2) is 0 Å². The Hall–Kier alpha value is -1.55. The molecule has 16 heavy (non-hydrogen) atoms. The van der Waals surface area contributed by atoms with Crippen molar-refractivity contribution in [2.75, 3.05) is 13.1 Å². The van der Waals surface area contributed by atoms with Gasteiger partial charge in [-0.05, 0) is 36.4 Å². The van der Waals surface area contributed by atoms with E-state index in [1.165, 1.54) is 0 Å². The van der Waals surface area contributed by atoms with E-state index in [0.29, 0.717) is 0 Å². The molecule has 1 saturated heterocycles. The van der Waals surface area contributed by atoms with Gasteiger partial charge >= 0.3 is 0 Å². The topological polar surface area (TPSA) is 53.9 Å². The van der Waals surface area contributed by atoms with Crippen LogP contribution in [0.3, 0.4) is 0 Å². The Morgan fingerprint density at radius 2 is 2.12 bits per heavy atom. The van der Waals surface area contributed by atoms with Crippen molar-refractivity contribution in [3.8, 4) is 5.75 Å². The second-order valence-corrected chi connectivity index (χ2v) is 4.46. The smallest absolute Gasteiger partial charge is 0.156 e. The fourth-order valence-corrected chi connectivity index (χ4v) is 2.28. The minimum absolute atomic E-state index is 0.118. The number of oxime groups is 1. The third-order valence-electron chi connectivity index (χ3n) is 3.24. The van der Waals surface area contributed by atoms with Crippen molar-refractivity contribution in [2.24, 2.45) is 5.16 Å². The highest BCUT2D eigenvalue weighted by Gasteiger charge is 2.41. The SMILES string of the molecule is Oc1ccc(C2=NOC3(CCNC3)C2)cc1. The van der Waals surface area contributed by atoms with E-state index in [-0.39, 0.29) is 11.4 Å². The molecule has 0 amide bonds. The Balaban J connectivity index is 1.80. The van der Waals surface area contributed by atoms with Gasteiger partial charge in [0.05, 0.1) is 5.71 Å². The summed E-state index contributed by atoms with van der Waals surface area (Å²) in [4.78, 5) is 5.56. The van der Waals surface area contributed by atoms with Crippen LogP contribution in [0.4, 0.5) is 0 Å². The van der Waals surface area contributed by atoms with Crippen LogP contribution in [0.15, 0.2) is 29.4 Å². The maximum atomic E-state index is 9.22. The van der Waals surface area contributed by atoms with Crippen molar-refractivity contribution >= 4 is 5.71 Å². The maximum absolute atomic E-state index is 9.22. The molecule has 2 aliphatic heterocycles. The number of nitrogens with zero attached hydrogens (tertiary/aromatic N) is 1. The standard InChI is InChI=1S/C12H14N2O2/c15-10-3-1-9(2-4-10)11-7-12(16-14-11)5-6-13-8-12/h1-4,13,15H,5-8H2. The lowest BCUT2D eigenvalue weighted by Crippen LogP contribution is -2.31. The van der Waals surface area contributed by atoms with Crippen LogP contribution in [0.2, 0.25) is 0 Å². The highest BCUT2D eigenvalue weighted by Crippen LogP contribution is 2.32. The van der Waals surface area contributed by atoms with Gasteiger partial charge in [0.1, 0.15) is 5.75 Å². The predicted octanol–water partition coefficient (Wildman–Crippen LogP) is 1.25. The largest absolute Gasteiger partial charge is 0.508 e. The zero-order valence-electron chi connectivity index (χ0n) is 8.94. The molecule has 1 atom stereocenters. The molecule has 0 aromatic heterocycles. The minimum atomic E-state index is -0.118. The van der Waals surface area contributed by atoms with Crippen molar-refractivity contribution in [1.82, 2.24) is 5.32 Å². The summed E-state index contributed by atoms with van der Waals surface area (Å²) in [5, 5.41) is 16.7. The molecule has 2 N–H and O–H groups in total. The number of nitrogens with one attached hydrogen (secondary N) is 1. The van der Waals surface area contributed by atoms with Crippen LogP contribution in [-0.2, 0) is 4.84 Å². The van der Waals surface area contributed by atoms with Crippen LogP contribution in [0, 0.1) is 0 Å². The van der Waals surface area contributed by atoms with Crippen molar-refractivity contribution in [3.63, 3.8) is 0 Å². The molecule has 1 aromatic rings. The molecule has 1 unspecified atom stereocenters. The lowest BCUT2D eigenvalue weighted by atomic mass is 9.93. The first-order valence-corrected chi connectivity index (χ1v) is 5.53. The Morgan fingerprint density at radius 1 is 1.31 bits per heavy atom. The Morgan fingerprint density at radius 3 is 2.81 bits per heavy atom. The number of benzene rings is 1. The fourth-order valence-electron chi connectivity index (χ4n) is 2.28. The second kappa shape index (κ2) is 3.49. The van der Waals surface area contributed by atoms with Gasteiger partial charge in [0.15, 0.2) is 5.60 Å². The van der Waals surface area contributed by atoms with Gasteiger partial charge in [-0.1, -0.05) is 5.16 Å². The zero-order chi connectivity index (χ0) is 11.0. The van der Waals surface area contributed by atoms with Crippen molar-refractivity contribution in [3.05, 3.63) is 29.8 Å². The van der Waals surface area contributed by atoms with E-state index >= 15 is 0 Å². The lowest BCUT2D eigenvalue weighted by Gasteiger charge is -2.18. The van der Waals surface area contributed by atoms with Gasteiger partial charge in [0.2, 0.25) is 0 Å². The maximum Gasteiger partial charge on any atom is 0.156 e. The molecule has 4 heteroatoms. The summed E-state index contributed by atoms with van der Waals surface area (Å²) in [5.74, 6) is 0.278. The summed E-state index contributed by atoms with van der Waals surface area (Å²) in [6.07, 6.45) is 1.86. The van der Waals surface area contributed by atoms with Crippen LogP contribution in [0.5, 0.6) is 5.75 Å². The van der Waals surface area contributed by atoms with Crippen LogP contribution in [0.25, 0.3) is 0 Å². The van der Waals surface area contributed by atoms with Gasteiger partial charge < -0.3 is 15.3 Å². The minimum Gasteiger partial charge on any atom is -0.508 e. The number of hydrogen-bond donors (Lipinski definition) is 2. The molecular formula is C12H14N2O2. The third-order valence-corrected chi connectivity index (χ3v) is 3.24. The molecular weight excluding hydrogens is 204 g/mol. The number of phenolic OH excluding ortho intramolecular Hbond substituents is 1. The van der Waals surface area contributed by atoms with Crippen molar-refractivity contribution in [1.29, 1.82) is 0 Å². The molecule has 0 saturated carbocycles. The molecule has 2 aliphatic rings. The average molecular weight is 218 g/mol. The van der Waals surface area contributed by atoms with Gasteiger partial charge in [-0.15, -0.1) is 0 Å². The summed E-state index contributed by atoms with van der Waals surface area (Å²) in [6.45, 7) is 1.87. The van der Waals surface area contributed by atoms with E-state index in [0.717, 1.165) is 37.2 Å². The molecule has 1 spiro atoms. The Bertz CT molecular complexity index is 419. The van der Waals surface area contributed by atoms with E-state index in [9.17, 15) is 5.11 Å². The molecule has 84 valence electrons. The quantitative estimate of drug-likeness (QED) is 0.746. The fraction of sp³-hybridized carbons (Fsp3) is 0.417. The molecule has 0 bridgehead atoms. The molecule has 1 aromatic carbocycles. The average Bonchev–Trinajstić information content (AvgIpc) is 2.91. The first kappa shape index (κ1) is 9.66. The second-order valence-electron chi connectivity index (χ2n) is 4.46. The Labute approximate surface area is 93.9 Å². The van der Waals surface area contributed by atoms with Gasteiger partial charge in [-0.2, -0.15) is 0 Å². The molecule has 0 aliphatic carbocycles. The molecule has 1 fully saturated rings. The molecule has 3 rings (SSSR count). The summed E-state index contributed by atoms with van der Waals surface area (Å²) < 4.78 is 0. The van der Waals surface area contributed by atoms with E-state index in [4.69, 9.17) is 4.84 Å². The highest BCUT2D eigenvalue weighted by atomic mass is 16.7. The first-order valence-electron chi connectivity index (χ1n) is 5.53. The van der Waals surface area contributed by atoms with Crippen LogP contribution in [0.1, 0.15) is 18.4 Å². The monoisotopic (exact) mass is 218 g/mol. The van der Waals surface area contributed by atoms with Gasteiger partial charge in [0.25, 0.3) is 0 Å². The Kier molecular flexibility index (Phi) is 2.11. The lowest BCUT2D eigenvalue weighted by molar-refractivity contribution is -0.00190. The number of aromatic hydroxyl groups is 1. The zero-order valence-corrected chi connectivity index (χ0v) is 8.94. The van der Waals surface area contributed by atoms with E-state index in [1.807, 2.05) is 12.1 Å². The van der Waals surface area contributed by atoms with Crippen molar-refractivity contribution in [2.45, 2.75) is 18.4 Å². The highest BCUT2D eigenvalue weighted by molar-refractivity contribution is 6.01. The number of hydrogen-bond acceptors (Lipinski definition) is 4. The summed E-state index contributed by atoms with van der Waals surface area (Å²) in [7, 11) is 0. The van der Waals surface area contributed by atoms with Crippen LogP contribution in [-0.4, -0.2) is 29.5 Å². The summed E-state index contributed by atoms with van der Waals surface area (Å²) >= 11 is 0. The summed E-state index contributed by atoms with van der Waals surface area (Å²) in [5.41, 5.74) is 1.89. The van der Waals surface area contributed by atoms with Crippen LogP contribution >= 0.6 is 0 Å². The van der Waals surface area contributed by atoms with Crippen LogP contribution < -0.4 is 5.32 Å². The van der Waals surface area contributed by atoms with Gasteiger partial charge in [-0.3, -0.25) is 0 Å².